The molecule has 1 heterocycles. The lowest BCUT2D eigenvalue weighted by molar-refractivity contribution is 0.188. The molecule has 3 heteroatoms. The number of aliphatic hydroxyl groups is 1. The van der Waals surface area contributed by atoms with E-state index in [-0.39, 0.29) is 0 Å². The van der Waals surface area contributed by atoms with Crippen molar-refractivity contribution in [2.75, 3.05) is 11.9 Å². The van der Waals surface area contributed by atoms with E-state index in [0.29, 0.717) is 13.0 Å². The highest BCUT2D eigenvalue weighted by Crippen LogP contribution is 2.06. The van der Waals surface area contributed by atoms with Crippen LogP contribution < -0.4 is 5.32 Å². The predicted molar refractivity (Wildman–Crippen MR) is 73.6 cm³/mol. The fraction of sp³-hybridized carbons (Fsp3) is 0.267. The number of pyridine rings is 1. The van der Waals surface area contributed by atoms with E-state index in [4.69, 9.17) is 0 Å². The van der Waals surface area contributed by atoms with Crippen LogP contribution >= 0.6 is 0 Å². The monoisotopic (exact) mass is 242 g/mol. The molecule has 2 N–H and O–H groups in total. The summed E-state index contributed by atoms with van der Waals surface area (Å²) in [4.78, 5) is 4.24. The summed E-state index contributed by atoms with van der Waals surface area (Å²) in [5, 5.41) is 13.1. The lowest BCUT2D eigenvalue weighted by Crippen LogP contribution is -2.22. The molecule has 0 fully saturated rings. The first-order chi connectivity index (χ1) is 8.74. The third-order valence-electron chi connectivity index (χ3n) is 2.74. The van der Waals surface area contributed by atoms with Gasteiger partial charge in [-0.15, -0.1) is 0 Å². The summed E-state index contributed by atoms with van der Waals surface area (Å²) in [7, 11) is 0. The third kappa shape index (κ3) is 3.86. The smallest absolute Gasteiger partial charge is 0.125 e. The van der Waals surface area contributed by atoms with Crippen LogP contribution in [0.1, 0.15) is 11.1 Å². The van der Waals surface area contributed by atoms with E-state index in [1.54, 1.807) is 0 Å². The van der Waals surface area contributed by atoms with Gasteiger partial charge >= 0.3 is 0 Å². The van der Waals surface area contributed by atoms with Crippen LogP contribution in [0.3, 0.4) is 0 Å². The summed E-state index contributed by atoms with van der Waals surface area (Å²) in [6.45, 7) is 2.51. The van der Waals surface area contributed by atoms with Crippen LogP contribution in [0.5, 0.6) is 0 Å². The molecule has 1 atom stereocenters. The van der Waals surface area contributed by atoms with E-state index < -0.39 is 6.10 Å². The molecule has 0 saturated carbocycles. The van der Waals surface area contributed by atoms with Crippen molar-refractivity contribution in [3.63, 3.8) is 0 Å². The van der Waals surface area contributed by atoms with Crippen molar-refractivity contribution in [1.82, 2.24) is 4.98 Å². The second-order valence-corrected chi connectivity index (χ2v) is 4.45. The maximum Gasteiger partial charge on any atom is 0.125 e. The van der Waals surface area contributed by atoms with Gasteiger partial charge in [-0.25, -0.2) is 4.98 Å². The minimum Gasteiger partial charge on any atom is -0.391 e. The van der Waals surface area contributed by atoms with Crippen LogP contribution in [0.2, 0.25) is 0 Å². The number of nitrogens with one attached hydrogen (secondary N) is 1. The molecule has 0 unspecified atom stereocenters. The van der Waals surface area contributed by atoms with Crippen molar-refractivity contribution in [2.45, 2.75) is 19.4 Å². The van der Waals surface area contributed by atoms with Gasteiger partial charge in [0.2, 0.25) is 0 Å². The molecule has 0 radical (unpaired) electrons. The van der Waals surface area contributed by atoms with Gasteiger partial charge in [-0.1, -0.05) is 36.4 Å². The number of nitrogens with zero attached hydrogens (tertiary/aromatic N) is 1. The molecule has 0 saturated heterocycles. The molecule has 1 aromatic carbocycles. The Kier molecular flexibility index (Phi) is 4.31. The Balaban J connectivity index is 1.81. The zero-order valence-corrected chi connectivity index (χ0v) is 10.5. The van der Waals surface area contributed by atoms with Crippen molar-refractivity contribution in [2.24, 2.45) is 0 Å². The van der Waals surface area contributed by atoms with Gasteiger partial charge in [-0.3, -0.25) is 0 Å². The minimum atomic E-state index is -0.407. The summed E-state index contributed by atoms with van der Waals surface area (Å²) in [5.41, 5.74) is 2.27. The Morgan fingerprint density at radius 3 is 2.61 bits per heavy atom. The molecule has 0 spiro atoms. The van der Waals surface area contributed by atoms with Crippen molar-refractivity contribution < 1.29 is 5.11 Å². The molecule has 0 amide bonds. The van der Waals surface area contributed by atoms with Gasteiger partial charge in [0.15, 0.2) is 0 Å². The van der Waals surface area contributed by atoms with Gasteiger partial charge in [-0.2, -0.15) is 0 Å². The lowest BCUT2D eigenvalue weighted by Gasteiger charge is -2.12. The highest BCUT2D eigenvalue weighted by atomic mass is 16.3. The summed E-state index contributed by atoms with van der Waals surface area (Å²) in [6, 6.07) is 13.9. The molecule has 0 aliphatic rings. The number of anilines is 1. The largest absolute Gasteiger partial charge is 0.391 e. The Bertz CT molecular complexity index is 468. The number of rotatable bonds is 5. The second-order valence-electron chi connectivity index (χ2n) is 4.45. The Morgan fingerprint density at radius 1 is 1.17 bits per heavy atom. The topological polar surface area (TPSA) is 45.1 Å². The van der Waals surface area contributed by atoms with Gasteiger partial charge in [-0.05, 0) is 24.1 Å². The highest BCUT2D eigenvalue weighted by molar-refractivity contribution is 5.35. The fourth-order valence-electron chi connectivity index (χ4n) is 1.75. The van der Waals surface area contributed by atoms with E-state index in [2.05, 4.69) is 10.3 Å². The van der Waals surface area contributed by atoms with Crippen LogP contribution in [0.15, 0.2) is 48.7 Å². The molecule has 2 aromatic rings. The molecule has 0 aliphatic carbocycles. The number of hydrogen-bond donors (Lipinski definition) is 2. The SMILES string of the molecule is Cc1ccc(NC[C@@H](O)Cc2ccccc2)nc1. The number of aryl methyl sites for hydroxylation is 1. The Hall–Kier alpha value is -1.87. The quantitative estimate of drug-likeness (QED) is 0.846. The van der Waals surface area contributed by atoms with Crippen LogP contribution in [0, 0.1) is 6.92 Å². The van der Waals surface area contributed by atoms with Gasteiger partial charge in [0, 0.05) is 19.2 Å². The molecule has 0 aliphatic heterocycles. The van der Waals surface area contributed by atoms with Gasteiger partial charge in [0.1, 0.15) is 5.82 Å². The van der Waals surface area contributed by atoms with Crippen molar-refractivity contribution in [3.05, 3.63) is 59.8 Å². The molecule has 18 heavy (non-hydrogen) atoms. The number of benzene rings is 1. The van der Waals surface area contributed by atoms with Gasteiger partial charge < -0.3 is 10.4 Å². The van der Waals surface area contributed by atoms with Crippen LogP contribution in [-0.4, -0.2) is 22.7 Å². The first-order valence-electron chi connectivity index (χ1n) is 6.12. The number of aliphatic hydroxyl groups excluding tert-OH is 1. The first kappa shape index (κ1) is 12.6. The second kappa shape index (κ2) is 6.17. The van der Waals surface area contributed by atoms with Crippen LogP contribution in [0.25, 0.3) is 0 Å². The zero-order valence-electron chi connectivity index (χ0n) is 10.5. The van der Waals surface area contributed by atoms with E-state index in [1.807, 2.05) is 55.6 Å². The predicted octanol–water partition coefficient (Wildman–Crippen LogP) is 2.41. The number of hydrogen-bond acceptors (Lipinski definition) is 3. The van der Waals surface area contributed by atoms with Crippen LogP contribution in [-0.2, 0) is 6.42 Å². The van der Waals surface area contributed by atoms with Gasteiger partial charge in [0.25, 0.3) is 0 Å². The summed E-state index contributed by atoms with van der Waals surface area (Å²) in [5.74, 6) is 0.799. The van der Waals surface area contributed by atoms with Crippen LogP contribution in [0.4, 0.5) is 5.82 Å². The van der Waals surface area contributed by atoms with E-state index in [1.165, 1.54) is 0 Å². The number of aromatic nitrogens is 1. The first-order valence-corrected chi connectivity index (χ1v) is 6.12. The van der Waals surface area contributed by atoms with E-state index in [0.717, 1.165) is 16.9 Å². The summed E-state index contributed by atoms with van der Waals surface area (Å²) >= 11 is 0. The molecule has 1 aromatic heterocycles. The summed E-state index contributed by atoms with van der Waals surface area (Å²) < 4.78 is 0. The molecule has 2 rings (SSSR count). The standard InChI is InChI=1S/C15H18N2O/c1-12-7-8-15(16-10-12)17-11-14(18)9-13-5-3-2-4-6-13/h2-8,10,14,18H,9,11H2,1H3,(H,16,17)/t14-/m0/s1. The molecular formula is C15H18N2O. The molecule has 3 nitrogen and oxygen atoms in total. The average molecular weight is 242 g/mol. The van der Waals surface area contributed by atoms with E-state index >= 15 is 0 Å². The highest BCUT2D eigenvalue weighted by Gasteiger charge is 2.05. The normalized spacial score (nSPS) is 12.1. The van der Waals surface area contributed by atoms with Crippen molar-refractivity contribution in [3.8, 4) is 0 Å². The third-order valence-corrected chi connectivity index (χ3v) is 2.74. The fourth-order valence-corrected chi connectivity index (χ4v) is 1.75. The maximum atomic E-state index is 9.93. The summed E-state index contributed by atoms with van der Waals surface area (Å²) in [6.07, 6.45) is 2.06. The minimum absolute atomic E-state index is 0.407. The zero-order chi connectivity index (χ0) is 12.8. The Morgan fingerprint density at radius 2 is 1.94 bits per heavy atom. The Labute approximate surface area is 108 Å². The lowest BCUT2D eigenvalue weighted by atomic mass is 10.1. The van der Waals surface area contributed by atoms with E-state index in [9.17, 15) is 5.11 Å². The van der Waals surface area contributed by atoms with Crippen molar-refractivity contribution >= 4 is 5.82 Å². The molecule has 0 bridgehead atoms. The average Bonchev–Trinajstić information content (AvgIpc) is 2.39. The molecular weight excluding hydrogens is 224 g/mol. The molecule has 94 valence electrons. The maximum absolute atomic E-state index is 9.93. The van der Waals surface area contributed by atoms with Gasteiger partial charge in [0.05, 0.1) is 6.10 Å². The van der Waals surface area contributed by atoms with Crippen molar-refractivity contribution in [1.29, 1.82) is 0 Å².